The maximum absolute atomic E-state index is 14.3. The van der Waals surface area contributed by atoms with Gasteiger partial charge in [0.25, 0.3) is 0 Å². The second-order valence-electron chi connectivity index (χ2n) is 9.50. The van der Waals surface area contributed by atoms with Crippen LogP contribution in [0, 0.1) is 17.6 Å². The zero-order valence-corrected chi connectivity index (χ0v) is 19.6. The quantitative estimate of drug-likeness (QED) is 0.473. The van der Waals surface area contributed by atoms with Crippen LogP contribution in [0.1, 0.15) is 63.2 Å². The number of benzene rings is 1. The molecular weight excluding hydrogens is 454 g/mol. The topological polar surface area (TPSA) is 108 Å². The molecule has 0 saturated heterocycles. The number of hydrogen-bond donors (Lipinski definition) is 2. The molecule has 35 heavy (non-hydrogen) atoms. The molecule has 3 aromatic rings. The van der Waals surface area contributed by atoms with E-state index in [9.17, 15) is 13.6 Å². The second kappa shape index (κ2) is 10.2. The summed E-state index contributed by atoms with van der Waals surface area (Å²) in [6, 6.07) is 3.94. The van der Waals surface area contributed by atoms with Crippen LogP contribution < -0.4 is 11.1 Å². The van der Waals surface area contributed by atoms with Gasteiger partial charge in [0.2, 0.25) is 5.95 Å². The first-order chi connectivity index (χ1) is 17.0. The molecule has 2 aliphatic carbocycles. The van der Waals surface area contributed by atoms with Crippen molar-refractivity contribution in [1.82, 2.24) is 19.5 Å². The van der Waals surface area contributed by atoms with Gasteiger partial charge in [0.15, 0.2) is 5.65 Å². The number of hydrogen-bond acceptors (Lipinski definition) is 7. The molecule has 5 rings (SSSR count). The zero-order valence-electron chi connectivity index (χ0n) is 19.6. The highest BCUT2D eigenvalue weighted by molar-refractivity contribution is 5.75. The van der Waals surface area contributed by atoms with Crippen LogP contribution in [0.2, 0.25) is 0 Å². The number of carbonyl (C=O) groups excluding carboxylic acids is 1. The second-order valence-corrected chi connectivity index (χ2v) is 9.50. The van der Waals surface area contributed by atoms with Crippen LogP contribution in [0.3, 0.4) is 0 Å². The predicted octanol–water partition coefficient (Wildman–Crippen LogP) is 4.57. The van der Waals surface area contributed by atoms with Gasteiger partial charge in [0, 0.05) is 12.5 Å². The number of anilines is 2. The molecule has 0 radical (unpaired) electrons. The SMILES string of the molecule is NCC(=O)OC1CCC(Cc2ncc3nc(Nc4c(F)cccc4F)n(C4CCCC4)c3n2)CC1. The van der Waals surface area contributed by atoms with E-state index >= 15 is 0 Å². The van der Waals surface area contributed by atoms with Crippen LogP contribution in [0.5, 0.6) is 0 Å². The lowest BCUT2D eigenvalue weighted by molar-refractivity contribution is -0.149. The molecule has 0 unspecified atom stereocenters. The summed E-state index contributed by atoms with van der Waals surface area (Å²) in [5.41, 5.74) is 6.40. The van der Waals surface area contributed by atoms with Gasteiger partial charge in [-0.2, -0.15) is 0 Å². The van der Waals surface area contributed by atoms with Crippen LogP contribution in [-0.2, 0) is 16.0 Å². The van der Waals surface area contributed by atoms with E-state index in [4.69, 9.17) is 15.5 Å². The molecule has 0 amide bonds. The van der Waals surface area contributed by atoms with Gasteiger partial charge in [0.05, 0.1) is 12.7 Å². The zero-order chi connectivity index (χ0) is 24.4. The number of ether oxygens (including phenoxy) is 1. The first-order valence-electron chi connectivity index (χ1n) is 12.4. The molecule has 0 atom stereocenters. The number of nitrogens with one attached hydrogen (secondary N) is 1. The number of nitrogens with zero attached hydrogens (tertiary/aromatic N) is 4. The maximum Gasteiger partial charge on any atom is 0.319 e. The average molecular weight is 485 g/mol. The largest absolute Gasteiger partial charge is 0.461 e. The number of para-hydroxylation sites is 1. The van der Waals surface area contributed by atoms with Crippen LogP contribution in [0.4, 0.5) is 20.4 Å². The Morgan fingerprint density at radius 2 is 1.80 bits per heavy atom. The third kappa shape index (κ3) is 5.12. The van der Waals surface area contributed by atoms with Crippen molar-refractivity contribution in [2.24, 2.45) is 11.7 Å². The van der Waals surface area contributed by atoms with Crippen molar-refractivity contribution in [1.29, 1.82) is 0 Å². The molecule has 2 heterocycles. The third-order valence-corrected chi connectivity index (χ3v) is 7.10. The van der Waals surface area contributed by atoms with E-state index < -0.39 is 11.6 Å². The van der Waals surface area contributed by atoms with Crippen LogP contribution in [0.25, 0.3) is 11.2 Å². The van der Waals surface area contributed by atoms with E-state index in [-0.39, 0.29) is 30.3 Å². The highest BCUT2D eigenvalue weighted by Crippen LogP contribution is 2.36. The summed E-state index contributed by atoms with van der Waals surface area (Å²) in [7, 11) is 0. The fourth-order valence-corrected chi connectivity index (χ4v) is 5.30. The number of imidazole rings is 1. The smallest absolute Gasteiger partial charge is 0.319 e. The molecule has 2 fully saturated rings. The van der Waals surface area contributed by atoms with Gasteiger partial charge < -0.3 is 15.8 Å². The van der Waals surface area contributed by atoms with Crippen molar-refractivity contribution >= 4 is 28.8 Å². The predicted molar refractivity (Wildman–Crippen MR) is 127 cm³/mol. The van der Waals surface area contributed by atoms with E-state index in [0.29, 0.717) is 29.5 Å². The minimum absolute atomic E-state index is 0.0677. The lowest BCUT2D eigenvalue weighted by Crippen LogP contribution is -2.28. The van der Waals surface area contributed by atoms with E-state index in [1.807, 2.05) is 4.57 Å². The van der Waals surface area contributed by atoms with E-state index in [1.165, 1.54) is 18.2 Å². The number of carbonyl (C=O) groups is 1. The lowest BCUT2D eigenvalue weighted by Gasteiger charge is -2.27. The van der Waals surface area contributed by atoms with E-state index in [2.05, 4.69) is 15.3 Å². The molecule has 0 aliphatic heterocycles. The summed E-state index contributed by atoms with van der Waals surface area (Å²) in [5.74, 6) is -0.202. The Morgan fingerprint density at radius 3 is 2.49 bits per heavy atom. The standard InChI is InChI=1S/C25H30F2N6O2/c26-18-6-3-7-19(27)23(18)32-25-30-20-14-29-21(31-24(20)33(25)16-4-1-2-5-16)12-15-8-10-17(11-9-15)35-22(34)13-28/h3,6-7,14-17H,1-2,4-5,8-13,28H2,(H,30,32). The Hall–Kier alpha value is -3.14. The molecular formula is C25H30F2N6O2. The lowest BCUT2D eigenvalue weighted by atomic mass is 9.85. The van der Waals surface area contributed by atoms with Crippen molar-refractivity contribution in [2.75, 3.05) is 11.9 Å². The van der Waals surface area contributed by atoms with E-state index in [0.717, 1.165) is 57.2 Å². The third-order valence-electron chi connectivity index (χ3n) is 7.10. The normalized spacial score (nSPS) is 20.9. The fourth-order valence-electron chi connectivity index (χ4n) is 5.30. The molecule has 186 valence electrons. The summed E-state index contributed by atoms with van der Waals surface area (Å²) in [5, 5.41) is 2.89. The summed E-state index contributed by atoms with van der Waals surface area (Å²) in [4.78, 5) is 25.5. The van der Waals surface area contributed by atoms with Crippen molar-refractivity contribution in [3.8, 4) is 0 Å². The summed E-state index contributed by atoms with van der Waals surface area (Å²) in [6.07, 6.45) is 9.91. The molecule has 0 spiro atoms. The van der Waals surface area contributed by atoms with Gasteiger partial charge in [-0.15, -0.1) is 0 Å². The first kappa shape index (κ1) is 23.6. The number of nitrogens with two attached hydrogens (primary N) is 1. The van der Waals surface area contributed by atoms with Crippen LogP contribution >= 0.6 is 0 Å². The monoisotopic (exact) mass is 484 g/mol. The number of esters is 1. The number of halogens is 2. The van der Waals surface area contributed by atoms with Gasteiger partial charge in [-0.05, 0) is 56.6 Å². The molecule has 10 heteroatoms. The Labute approximate surface area is 202 Å². The van der Waals surface area contributed by atoms with Gasteiger partial charge >= 0.3 is 5.97 Å². The van der Waals surface area contributed by atoms with E-state index in [1.54, 1.807) is 6.20 Å². The molecule has 2 aromatic heterocycles. The van der Waals surface area contributed by atoms with Crippen molar-refractivity contribution in [3.63, 3.8) is 0 Å². The van der Waals surface area contributed by atoms with Crippen LogP contribution in [-0.4, -0.2) is 38.1 Å². The highest BCUT2D eigenvalue weighted by atomic mass is 19.1. The Balaban J connectivity index is 1.38. The average Bonchev–Trinajstić information content (AvgIpc) is 3.50. The minimum Gasteiger partial charge on any atom is -0.461 e. The first-order valence-corrected chi connectivity index (χ1v) is 12.4. The number of fused-ring (bicyclic) bond motifs is 1. The molecule has 3 N–H and O–H groups in total. The molecule has 2 aliphatic rings. The van der Waals surface area contributed by atoms with Gasteiger partial charge in [-0.3, -0.25) is 9.36 Å². The van der Waals surface area contributed by atoms with Gasteiger partial charge in [-0.1, -0.05) is 18.9 Å². The highest BCUT2D eigenvalue weighted by Gasteiger charge is 2.27. The molecule has 1 aromatic carbocycles. The molecule has 8 nitrogen and oxygen atoms in total. The maximum atomic E-state index is 14.3. The number of rotatable bonds is 7. The summed E-state index contributed by atoms with van der Waals surface area (Å²) < 4.78 is 36.0. The Bertz CT molecular complexity index is 1180. The van der Waals surface area contributed by atoms with Crippen LogP contribution in [0.15, 0.2) is 24.4 Å². The summed E-state index contributed by atoms with van der Waals surface area (Å²) in [6.45, 7) is -0.0944. The van der Waals surface area contributed by atoms with Crippen molar-refractivity contribution in [2.45, 2.75) is 69.9 Å². The van der Waals surface area contributed by atoms with Crippen molar-refractivity contribution < 1.29 is 18.3 Å². The Kier molecular flexibility index (Phi) is 6.90. The van der Waals surface area contributed by atoms with Crippen molar-refractivity contribution in [3.05, 3.63) is 41.9 Å². The number of aromatic nitrogens is 4. The van der Waals surface area contributed by atoms with Gasteiger partial charge in [-0.25, -0.2) is 23.7 Å². The minimum atomic E-state index is -0.672. The Morgan fingerprint density at radius 1 is 1.09 bits per heavy atom. The molecule has 2 saturated carbocycles. The molecule has 0 bridgehead atoms. The van der Waals surface area contributed by atoms with Gasteiger partial charge in [0.1, 0.15) is 34.8 Å². The summed E-state index contributed by atoms with van der Waals surface area (Å²) >= 11 is 0. The fraction of sp³-hybridized carbons (Fsp3) is 0.520.